The molecule has 0 aromatic heterocycles. The Kier molecular flexibility index (Phi) is 9.04. The lowest BCUT2D eigenvalue weighted by Gasteiger charge is -2.19. The molecule has 0 radical (unpaired) electrons. The van der Waals surface area contributed by atoms with Gasteiger partial charge < -0.3 is 9.64 Å². The molecule has 2 aromatic rings. The molecule has 0 spiro atoms. The summed E-state index contributed by atoms with van der Waals surface area (Å²) in [5.41, 5.74) is 1.85. The van der Waals surface area contributed by atoms with Crippen molar-refractivity contribution in [2.75, 3.05) is 14.1 Å². The van der Waals surface area contributed by atoms with Crippen LogP contribution in [0.5, 0.6) is 5.75 Å². The van der Waals surface area contributed by atoms with Gasteiger partial charge in [0.25, 0.3) is 5.91 Å². The monoisotopic (exact) mass is 485 g/mol. The number of rotatable bonds is 9. The smallest absolute Gasteiger partial charge is 0.387 e. The Hall–Kier alpha value is -2.43. The zero-order chi connectivity index (χ0) is 24.9. The summed E-state index contributed by atoms with van der Waals surface area (Å²) in [5.74, 6) is -2.53. The molecule has 1 amide bonds. The Bertz CT molecular complexity index is 1110. The summed E-state index contributed by atoms with van der Waals surface area (Å²) >= 11 is 0. The third kappa shape index (κ3) is 7.02. The second-order valence-corrected chi connectivity index (χ2v) is 10.0. The molecule has 10 heteroatoms. The topological polar surface area (TPSA) is 85.0 Å². The summed E-state index contributed by atoms with van der Waals surface area (Å²) in [5, 5.41) is 5.87. The summed E-state index contributed by atoms with van der Waals surface area (Å²) in [6.07, 6.45) is -0.227. The molecule has 2 aromatic carbocycles. The maximum Gasteiger partial charge on any atom is 0.387 e. The summed E-state index contributed by atoms with van der Waals surface area (Å²) < 4.78 is 61.2. The molecule has 1 atom stereocenters. The lowest BCUT2D eigenvalue weighted by molar-refractivity contribution is -0.117. The third-order valence-corrected chi connectivity index (χ3v) is 6.42. The quantitative estimate of drug-likeness (QED) is 0.561. The van der Waals surface area contributed by atoms with Gasteiger partial charge >= 0.3 is 6.61 Å². The van der Waals surface area contributed by atoms with Crippen LogP contribution in [-0.2, 0) is 34.1 Å². The van der Waals surface area contributed by atoms with Gasteiger partial charge in [-0.2, -0.15) is 8.78 Å². The molecule has 0 bridgehead atoms. The van der Waals surface area contributed by atoms with Crippen LogP contribution in [0.2, 0.25) is 0 Å². The molecule has 0 saturated heterocycles. The van der Waals surface area contributed by atoms with Gasteiger partial charge in [0.2, 0.25) is 0 Å². The fourth-order valence-electron chi connectivity index (χ4n) is 3.56. The first-order chi connectivity index (χ1) is 15.4. The van der Waals surface area contributed by atoms with Gasteiger partial charge in [-0.25, -0.2) is 13.7 Å². The zero-order valence-electron chi connectivity index (χ0n) is 19.4. The van der Waals surface area contributed by atoms with E-state index in [0.717, 1.165) is 5.56 Å². The molecule has 0 aliphatic carbocycles. The summed E-state index contributed by atoms with van der Waals surface area (Å²) in [7, 11) is 0.314. The van der Waals surface area contributed by atoms with Crippen molar-refractivity contribution in [2.24, 2.45) is 9.50 Å². The van der Waals surface area contributed by atoms with E-state index in [1.165, 1.54) is 6.07 Å². The second-order valence-electron chi connectivity index (χ2n) is 8.23. The van der Waals surface area contributed by atoms with E-state index in [9.17, 15) is 22.2 Å². The Labute approximate surface area is 193 Å². The van der Waals surface area contributed by atoms with E-state index < -0.39 is 34.0 Å². The average molecular weight is 486 g/mol. The second kappa shape index (κ2) is 11.1. The van der Waals surface area contributed by atoms with Crippen molar-refractivity contribution in [1.29, 1.82) is 0 Å². The number of ether oxygens (including phenoxy) is 1. The van der Waals surface area contributed by atoms with E-state index in [1.54, 1.807) is 45.0 Å². The van der Waals surface area contributed by atoms with Crippen LogP contribution in [0.15, 0.2) is 39.6 Å². The van der Waals surface area contributed by atoms with Crippen molar-refractivity contribution in [3.63, 3.8) is 0 Å². The first-order valence-electron chi connectivity index (χ1n) is 10.5. The Morgan fingerprint density at radius 2 is 1.79 bits per heavy atom. The number of hydrogen-bond donors (Lipinski definition) is 1. The normalized spacial score (nSPS) is 13.5. The fourth-order valence-corrected chi connectivity index (χ4v) is 4.56. The number of carbonyl (C=O) groups is 1. The molecule has 33 heavy (non-hydrogen) atoms. The molecule has 0 aliphatic heterocycles. The highest BCUT2D eigenvalue weighted by atomic mass is 32.2. The van der Waals surface area contributed by atoms with Crippen molar-refractivity contribution < 1.29 is 26.9 Å². The first-order valence-corrected chi connectivity index (χ1v) is 12.0. The lowest BCUT2D eigenvalue weighted by atomic mass is 9.89. The number of nitrogens with two attached hydrogens (primary N) is 1. The Balaban J connectivity index is 2.43. The molecule has 0 heterocycles. The van der Waals surface area contributed by atoms with Gasteiger partial charge in [0.1, 0.15) is 9.92 Å². The highest BCUT2D eigenvalue weighted by molar-refractivity contribution is 7.91. The van der Waals surface area contributed by atoms with Crippen molar-refractivity contribution >= 4 is 15.8 Å². The van der Waals surface area contributed by atoms with E-state index in [1.807, 2.05) is 19.0 Å². The maximum atomic E-state index is 14.8. The predicted octanol–water partition coefficient (Wildman–Crippen LogP) is 4.64. The highest BCUT2D eigenvalue weighted by Crippen LogP contribution is 2.33. The van der Waals surface area contributed by atoms with Gasteiger partial charge in [-0.15, -0.1) is 4.36 Å². The molecule has 2 rings (SSSR count). The van der Waals surface area contributed by atoms with Gasteiger partial charge in [-0.3, -0.25) is 4.79 Å². The minimum Gasteiger partial charge on any atom is -0.432 e. The van der Waals surface area contributed by atoms with Crippen LogP contribution in [0.1, 0.15) is 48.9 Å². The van der Waals surface area contributed by atoms with Crippen LogP contribution in [0.4, 0.5) is 13.2 Å². The average Bonchev–Trinajstić information content (AvgIpc) is 2.69. The van der Waals surface area contributed by atoms with Gasteiger partial charge in [0, 0.05) is 6.54 Å². The van der Waals surface area contributed by atoms with Crippen molar-refractivity contribution in [1.82, 2.24) is 4.90 Å². The van der Waals surface area contributed by atoms with Gasteiger partial charge in [0.05, 0.1) is 11.3 Å². The number of amides is 1. The maximum absolute atomic E-state index is 14.8. The van der Waals surface area contributed by atoms with Crippen molar-refractivity contribution in [3.05, 3.63) is 58.4 Å². The molecular formula is C23H30F3N3O3S. The minimum absolute atomic E-state index is 0.0805. The van der Waals surface area contributed by atoms with E-state index >= 15 is 0 Å². The SMILES string of the molecule is CCc1c(F)c(OC(F)F)cc(C(C)C)c1CC(=O)N=S(N)(=O)c1ccc(CN(C)C)cc1. The van der Waals surface area contributed by atoms with E-state index in [-0.39, 0.29) is 29.2 Å². The van der Waals surface area contributed by atoms with Crippen molar-refractivity contribution in [3.8, 4) is 5.75 Å². The van der Waals surface area contributed by atoms with Crippen LogP contribution < -0.4 is 9.88 Å². The first kappa shape index (κ1) is 26.8. The standard InChI is InChI=1S/C23H30F3N3O3S/c1-6-17-19(18(14(2)3)11-20(22(17)24)32-23(25)26)12-21(30)28-33(27,31)16-9-7-15(8-10-16)13-29(4)5/h7-11,14,23H,6,12-13H2,1-5H3,(H2,27,28,30,31). The predicted molar refractivity (Wildman–Crippen MR) is 122 cm³/mol. The number of alkyl halides is 2. The lowest BCUT2D eigenvalue weighted by Crippen LogP contribution is -2.18. The molecule has 0 fully saturated rings. The molecule has 6 nitrogen and oxygen atoms in total. The largest absolute Gasteiger partial charge is 0.432 e. The Morgan fingerprint density at radius 3 is 2.27 bits per heavy atom. The zero-order valence-corrected chi connectivity index (χ0v) is 20.2. The van der Waals surface area contributed by atoms with Crippen LogP contribution >= 0.6 is 0 Å². The third-order valence-electron chi connectivity index (χ3n) is 5.00. The number of halogens is 3. The molecule has 0 saturated carbocycles. The van der Waals surface area contributed by atoms with Crippen LogP contribution in [0.25, 0.3) is 0 Å². The molecular weight excluding hydrogens is 455 g/mol. The molecule has 1 unspecified atom stereocenters. The van der Waals surface area contributed by atoms with Gasteiger partial charge in [-0.05, 0) is 66.9 Å². The number of benzene rings is 2. The van der Waals surface area contributed by atoms with Gasteiger partial charge in [-0.1, -0.05) is 32.9 Å². The molecule has 182 valence electrons. The van der Waals surface area contributed by atoms with Crippen LogP contribution in [0.3, 0.4) is 0 Å². The summed E-state index contributed by atoms with van der Waals surface area (Å²) in [4.78, 5) is 14.9. The van der Waals surface area contributed by atoms with E-state index in [2.05, 4.69) is 9.10 Å². The minimum atomic E-state index is -3.52. The summed E-state index contributed by atoms with van der Waals surface area (Å²) in [6.45, 7) is 2.70. The number of nitrogens with zero attached hydrogens (tertiary/aromatic N) is 2. The number of carbonyl (C=O) groups excluding carboxylic acids is 1. The molecule has 2 N–H and O–H groups in total. The fraction of sp³-hybridized carbons (Fsp3) is 0.435. The molecule has 0 aliphatic rings. The van der Waals surface area contributed by atoms with E-state index in [4.69, 9.17) is 5.14 Å². The summed E-state index contributed by atoms with van der Waals surface area (Å²) in [6, 6.07) is 7.81. The van der Waals surface area contributed by atoms with Gasteiger partial charge in [0.15, 0.2) is 11.6 Å². The van der Waals surface area contributed by atoms with Crippen molar-refractivity contribution in [2.45, 2.75) is 57.6 Å². The highest BCUT2D eigenvalue weighted by Gasteiger charge is 2.23. The van der Waals surface area contributed by atoms with Crippen LogP contribution in [-0.4, -0.2) is 35.7 Å². The van der Waals surface area contributed by atoms with E-state index in [0.29, 0.717) is 17.7 Å². The number of hydrogen-bond acceptors (Lipinski definition) is 4. The Morgan fingerprint density at radius 1 is 1.18 bits per heavy atom. The van der Waals surface area contributed by atoms with Crippen LogP contribution in [0, 0.1) is 5.82 Å².